The van der Waals surface area contributed by atoms with Crippen molar-refractivity contribution >= 4 is 5.69 Å². The fourth-order valence-corrected chi connectivity index (χ4v) is 0.890. The number of benzene rings is 1. The van der Waals surface area contributed by atoms with Crippen molar-refractivity contribution in [2.75, 3.05) is 5.32 Å². The summed E-state index contributed by atoms with van der Waals surface area (Å²) in [7, 11) is 0. The van der Waals surface area contributed by atoms with Crippen LogP contribution in [0.5, 0.6) is 0 Å². The third-order valence-electron chi connectivity index (χ3n) is 1.57. The first-order chi connectivity index (χ1) is 6.15. The van der Waals surface area contributed by atoms with Gasteiger partial charge >= 0.3 is 0 Å². The lowest BCUT2D eigenvalue weighted by Gasteiger charge is -2.09. The van der Waals surface area contributed by atoms with E-state index in [4.69, 9.17) is 6.42 Å². The van der Waals surface area contributed by atoms with E-state index in [0.29, 0.717) is 0 Å². The first-order valence-electron chi connectivity index (χ1n) is 3.82. The van der Waals surface area contributed by atoms with Gasteiger partial charge in [0.1, 0.15) is 0 Å². The molecule has 1 rings (SSSR count). The van der Waals surface area contributed by atoms with Gasteiger partial charge in [0.15, 0.2) is 11.6 Å². The molecule has 1 atom stereocenters. The second kappa shape index (κ2) is 3.90. The Kier molecular flexibility index (Phi) is 2.86. The van der Waals surface area contributed by atoms with Gasteiger partial charge < -0.3 is 5.32 Å². The average molecular weight is 181 g/mol. The molecule has 0 fully saturated rings. The van der Waals surface area contributed by atoms with Gasteiger partial charge in [0.2, 0.25) is 0 Å². The van der Waals surface area contributed by atoms with Crippen LogP contribution in [0, 0.1) is 24.0 Å². The Hall–Kier alpha value is -1.56. The normalized spacial score (nSPS) is 11.8. The zero-order chi connectivity index (χ0) is 9.84. The van der Waals surface area contributed by atoms with Gasteiger partial charge in [0.25, 0.3) is 0 Å². The predicted octanol–water partition coefficient (Wildman–Crippen LogP) is 2.40. The van der Waals surface area contributed by atoms with Crippen LogP contribution in [-0.4, -0.2) is 6.04 Å². The Balaban J connectivity index is 2.90. The van der Waals surface area contributed by atoms with E-state index < -0.39 is 11.6 Å². The van der Waals surface area contributed by atoms with Crippen molar-refractivity contribution in [1.82, 2.24) is 0 Å². The van der Waals surface area contributed by atoms with Gasteiger partial charge in [-0.05, 0) is 19.1 Å². The van der Waals surface area contributed by atoms with Crippen molar-refractivity contribution < 1.29 is 8.78 Å². The summed E-state index contributed by atoms with van der Waals surface area (Å²) in [6.45, 7) is 1.68. The molecule has 1 aromatic carbocycles. The SMILES string of the molecule is C#CC(C)Nc1cccc(F)c1F. The molecular weight excluding hydrogens is 172 g/mol. The summed E-state index contributed by atoms with van der Waals surface area (Å²) in [4.78, 5) is 0. The van der Waals surface area contributed by atoms with Crippen LogP contribution in [0.3, 0.4) is 0 Å². The van der Waals surface area contributed by atoms with Gasteiger partial charge in [-0.3, -0.25) is 0 Å². The number of terminal acetylenes is 1. The zero-order valence-corrected chi connectivity index (χ0v) is 7.14. The maximum absolute atomic E-state index is 13.0. The molecule has 13 heavy (non-hydrogen) atoms. The second-order valence-electron chi connectivity index (χ2n) is 2.63. The maximum atomic E-state index is 13.0. The van der Waals surface area contributed by atoms with Crippen molar-refractivity contribution in [2.24, 2.45) is 0 Å². The summed E-state index contributed by atoms with van der Waals surface area (Å²) in [5, 5.41) is 2.65. The third-order valence-corrected chi connectivity index (χ3v) is 1.57. The minimum absolute atomic E-state index is 0.0884. The zero-order valence-electron chi connectivity index (χ0n) is 7.14. The minimum Gasteiger partial charge on any atom is -0.369 e. The summed E-state index contributed by atoms with van der Waals surface area (Å²) < 4.78 is 25.7. The Morgan fingerprint density at radius 3 is 2.77 bits per heavy atom. The predicted molar refractivity (Wildman–Crippen MR) is 48.3 cm³/mol. The highest BCUT2D eigenvalue weighted by Crippen LogP contribution is 2.16. The molecule has 0 heterocycles. The quantitative estimate of drug-likeness (QED) is 0.691. The van der Waals surface area contributed by atoms with Crippen LogP contribution in [0.4, 0.5) is 14.5 Å². The average Bonchev–Trinajstić information content (AvgIpc) is 2.13. The molecule has 0 aliphatic heterocycles. The Labute approximate surface area is 75.8 Å². The molecule has 68 valence electrons. The smallest absolute Gasteiger partial charge is 0.181 e. The molecule has 3 heteroatoms. The van der Waals surface area contributed by atoms with E-state index in [0.717, 1.165) is 6.07 Å². The molecule has 1 unspecified atom stereocenters. The van der Waals surface area contributed by atoms with Crippen LogP contribution in [0.1, 0.15) is 6.92 Å². The van der Waals surface area contributed by atoms with Crippen LogP contribution in [0.2, 0.25) is 0 Å². The summed E-state index contributed by atoms with van der Waals surface area (Å²) >= 11 is 0. The lowest BCUT2D eigenvalue weighted by Crippen LogP contribution is -2.13. The molecular formula is C10H9F2N. The van der Waals surface area contributed by atoms with Crippen LogP contribution in [0.15, 0.2) is 18.2 Å². The molecule has 1 aromatic rings. The highest BCUT2D eigenvalue weighted by atomic mass is 19.2. The van der Waals surface area contributed by atoms with Gasteiger partial charge in [-0.2, -0.15) is 0 Å². The van der Waals surface area contributed by atoms with Crippen LogP contribution < -0.4 is 5.32 Å². The molecule has 0 amide bonds. The van der Waals surface area contributed by atoms with E-state index in [2.05, 4.69) is 11.2 Å². The molecule has 0 bridgehead atoms. The fraction of sp³-hybridized carbons (Fsp3) is 0.200. The molecule has 0 spiro atoms. The molecule has 0 saturated carbocycles. The van der Waals surface area contributed by atoms with Crippen LogP contribution in [-0.2, 0) is 0 Å². The van der Waals surface area contributed by atoms with Crippen molar-refractivity contribution in [3.05, 3.63) is 29.8 Å². The second-order valence-corrected chi connectivity index (χ2v) is 2.63. The first-order valence-corrected chi connectivity index (χ1v) is 3.82. The third kappa shape index (κ3) is 2.19. The standard InChI is InChI=1S/C10H9F2N/c1-3-7(2)13-9-6-4-5-8(11)10(9)12/h1,4-7,13H,2H3. The lowest BCUT2D eigenvalue weighted by molar-refractivity contribution is 0.510. The van der Waals surface area contributed by atoms with Gasteiger partial charge in [-0.1, -0.05) is 12.0 Å². The van der Waals surface area contributed by atoms with Gasteiger partial charge in [0, 0.05) is 0 Å². The Morgan fingerprint density at radius 2 is 2.15 bits per heavy atom. The van der Waals surface area contributed by atoms with Crippen molar-refractivity contribution in [3.8, 4) is 12.3 Å². The molecule has 0 radical (unpaired) electrons. The Bertz CT molecular complexity index is 341. The van der Waals surface area contributed by atoms with E-state index in [9.17, 15) is 8.78 Å². The van der Waals surface area contributed by atoms with Gasteiger partial charge in [0.05, 0.1) is 11.7 Å². The number of hydrogen-bond acceptors (Lipinski definition) is 1. The summed E-state index contributed by atoms with van der Waals surface area (Å²) in [5.41, 5.74) is 0.0884. The molecule has 1 N–H and O–H groups in total. The monoisotopic (exact) mass is 181 g/mol. The van der Waals surface area contributed by atoms with Crippen LogP contribution >= 0.6 is 0 Å². The summed E-state index contributed by atoms with van der Waals surface area (Å²) in [6.07, 6.45) is 5.08. The molecule has 0 aliphatic rings. The van der Waals surface area contributed by atoms with E-state index >= 15 is 0 Å². The molecule has 0 saturated heterocycles. The van der Waals surface area contributed by atoms with E-state index in [1.54, 1.807) is 6.92 Å². The van der Waals surface area contributed by atoms with Crippen molar-refractivity contribution in [3.63, 3.8) is 0 Å². The maximum Gasteiger partial charge on any atom is 0.181 e. The van der Waals surface area contributed by atoms with Crippen molar-refractivity contribution in [1.29, 1.82) is 0 Å². The fourth-order valence-electron chi connectivity index (χ4n) is 0.890. The topological polar surface area (TPSA) is 12.0 Å². The number of hydrogen-bond donors (Lipinski definition) is 1. The van der Waals surface area contributed by atoms with Crippen molar-refractivity contribution in [2.45, 2.75) is 13.0 Å². The number of rotatable bonds is 2. The first kappa shape index (κ1) is 9.53. The highest BCUT2D eigenvalue weighted by molar-refractivity contribution is 5.46. The number of nitrogens with one attached hydrogen (secondary N) is 1. The number of anilines is 1. The van der Waals surface area contributed by atoms with E-state index in [1.807, 2.05) is 0 Å². The molecule has 0 aliphatic carbocycles. The molecule has 1 nitrogen and oxygen atoms in total. The highest BCUT2D eigenvalue weighted by Gasteiger charge is 2.07. The lowest BCUT2D eigenvalue weighted by atomic mass is 10.2. The van der Waals surface area contributed by atoms with E-state index in [-0.39, 0.29) is 11.7 Å². The van der Waals surface area contributed by atoms with Gasteiger partial charge in [-0.15, -0.1) is 6.42 Å². The largest absolute Gasteiger partial charge is 0.369 e. The van der Waals surface area contributed by atoms with E-state index in [1.165, 1.54) is 12.1 Å². The van der Waals surface area contributed by atoms with Gasteiger partial charge in [-0.25, -0.2) is 8.78 Å². The van der Waals surface area contributed by atoms with Crippen LogP contribution in [0.25, 0.3) is 0 Å². The summed E-state index contributed by atoms with van der Waals surface area (Å²) in [6, 6.07) is 3.59. The molecule has 0 aromatic heterocycles. The Morgan fingerprint density at radius 1 is 1.46 bits per heavy atom. The number of halogens is 2. The summed E-state index contributed by atoms with van der Waals surface area (Å²) in [5.74, 6) is 0.581. The minimum atomic E-state index is -0.899.